The van der Waals surface area contributed by atoms with Gasteiger partial charge in [0, 0.05) is 5.92 Å². The quantitative estimate of drug-likeness (QED) is 0.530. The largest absolute Gasteiger partial charge is 0.490 e. The van der Waals surface area contributed by atoms with Gasteiger partial charge in [-0.1, -0.05) is 25.6 Å². The summed E-state index contributed by atoms with van der Waals surface area (Å²) in [6, 6.07) is 5.90. The molecule has 0 aliphatic heterocycles. The van der Waals surface area contributed by atoms with Crippen LogP contribution in [0.1, 0.15) is 45.0 Å². The fraction of sp³-hybridized carbons (Fsp3) is 0.438. The summed E-state index contributed by atoms with van der Waals surface area (Å²) in [6.07, 6.45) is 3.91. The van der Waals surface area contributed by atoms with Crippen molar-refractivity contribution >= 4 is 33.9 Å². The first-order chi connectivity index (χ1) is 10.9. The van der Waals surface area contributed by atoms with E-state index in [0.29, 0.717) is 0 Å². The lowest BCUT2D eigenvalue weighted by molar-refractivity contribution is 0.241. The Kier molecular flexibility index (Phi) is 6.24. The Balaban J connectivity index is 2.27. The van der Waals surface area contributed by atoms with E-state index in [1.165, 1.54) is 11.8 Å². The highest BCUT2D eigenvalue weighted by Crippen LogP contribution is 2.26. The first kappa shape index (κ1) is 18.0. The third kappa shape index (κ3) is 4.57. The fourth-order valence-corrected chi connectivity index (χ4v) is 2.87. The Morgan fingerprint density at radius 1 is 1.26 bits per heavy atom. The molecule has 0 unspecified atom stereocenters. The molecule has 1 aromatic carbocycles. The van der Waals surface area contributed by atoms with Crippen LogP contribution in [0.2, 0.25) is 0 Å². The fourth-order valence-electron chi connectivity index (χ4n) is 1.94. The molecule has 2 aromatic rings. The number of nitrogens with zero attached hydrogens (tertiary/aromatic N) is 4. The van der Waals surface area contributed by atoms with Crippen LogP contribution in [0.4, 0.5) is 0 Å². The lowest BCUT2D eigenvalue weighted by Crippen LogP contribution is -2.06. The summed E-state index contributed by atoms with van der Waals surface area (Å²) in [5.41, 5.74) is 0.975. The standard InChI is InChI=1S/C16H21BrN4OS/c1-10(2)15-19-20-16(23-5)21(15)18-9-12-6-7-14(13(17)8-12)22-11(3)4/h6-11H,1-5H3/b18-9-. The van der Waals surface area contributed by atoms with E-state index < -0.39 is 0 Å². The van der Waals surface area contributed by atoms with Gasteiger partial charge in [-0.05, 0) is 59.8 Å². The van der Waals surface area contributed by atoms with Crippen molar-refractivity contribution in [2.45, 2.75) is 44.9 Å². The monoisotopic (exact) mass is 396 g/mol. The van der Waals surface area contributed by atoms with Gasteiger partial charge in [0.15, 0.2) is 5.82 Å². The molecule has 23 heavy (non-hydrogen) atoms. The van der Waals surface area contributed by atoms with E-state index in [2.05, 4.69) is 45.1 Å². The summed E-state index contributed by atoms with van der Waals surface area (Å²) in [5, 5.41) is 13.7. The van der Waals surface area contributed by atoms with Crippen LogP contribution in [0.5, 0.6) is 5.75 Å². The lowest BCUT2D eigenvalue weighted by atomic mass is 10.2. The first-order valence-electron chi connectivity index (χ1n) is 7.42. The second kappa shape index (κ2) is 7.97. The molecule has 0 N–H and O–H groups in total. The maximum Gasteiger partial charge on any atom is 0.211 e. The number of hydrogen-bond donors (Lipinski definition) is 0. The van der Waals surface area contributed by atoms with Gasteiger partial charge >= 0.3 is 0 Å². The van der Waals surface area contributed by atoms with Crippen LogP contribution in [0.15, 0.2) is 32.9 Å². The maximum absolute atomic E-state index is 5.72. The van der Waals surface area contributed by atoms with Crippen molar-refractivity contribution in [3.05, 3.63) is 34.1 Å². The highest BCUT2D eigenvalue weighted by Gasteiger charge is 2.13. The van der Waals surface area contributed by atoms with Crippen LogP contribution in [-0.2, 0) is 0 Å². The van der Waals surface area contributed by atoms with Gasteiger partial charge in [-0.25, -0.2) is 0 Å². The maximum atomic E-state index is 5.72. The number of benzene rings is 1. The van der Waals surface area contributed by atoms with Crippen LogP contribution >= 0.6 is 27.7 Å². The predicted octanol–water partition coefficient (Wildman–Crippen LogP) is 4.56. The van der Waals surface area contributed by atoms with E-state index in [-0.39, 0.29) is 12.0 Å². The Bertz CT molecular complexity index is 697. The summed E-state index contributed by atoms with van der Waals surface area (Å²) >= 11 is 5.07. The summed E-state index contributed by atoms with van der Waals surface area (Å²) in [7, 11) is 0. The molecule has 5 nitrogen and oxygen atoms in total. The Morgan fingerprint density at radius 2 is 2.00 bits per heavy atom. The Labute approximate surface area is 149 Å². The van der Waals surface area contributed by atoms with Gasteiger partial charge in [0.2, 0.25) is 5.16 Å². The molecule has 1 aromatic heterocycles. The van der Waals surface area contributed by atoms with Gasteiger partial charge in [-0.2, -0.15) is 9.78 Å². The molecule has 124 valence electrons. The average Bonchev–Trinajstić information content (AvgIpc) is 2.90. The van der Waals surface area contributed by atoms with E-state index in [9.17, 15) is 0 Å². The third-order valence-electron chi connectivity index (χ3n) is 2.98. The number of rotatable bonds is 6. The van der Waals surface area contributed by atoms with Crippen LogP contribution in [0.25, 0.3) is 0 Å². The van der Waals surface area contributed by atoms with Gasteiger partial charge in [0.25, 0.3) is 0 Å². The van der Waals surface area contributed by atoms with Crippen LogP contribution in [0.3, 0.4) is 0 Å². The number of hydrogen-bond acceptors (Lipinski definition) is 5. The van der Waals surface area contributed by atoms with Crippen molar-refractivity contribution < 1.29 is 4.74 Å². The van der Waals surface area contributed by atoms with Crippen molar-refractivity contribution in [1.82, 2.24) is 14.9 Å². The lowest BCUT2D eigenvalue weighted by Gasteiger charge is -2.11. The van der Waals surface area contributed by atoms with Crippen molar-refractivity contribution in [2.24, 2.45) is 5.10 Å². The molecule has 2 rings (SSSR count). The Hall–Kier alpha value is -1.34. The number of halogens is 1. The van der Waals surface area contributed by atoms with Crippen LogP contribution in [0, 0.1) is 0 Å². The molecule has 0 atom stereocenters. The van der Waals surface area contributed by atoms with E-state index in [4.69, 9.17) is 4.74 Å². The molecule has 7 heteroatoms. The van der Waals surface area contributed by atoms with E-state index in [1.807, 2.05) is 38.3 Å². The molecule has 0 radical (unpaired) electrons. The number of aromatic nitrogens is 3. The molecule has 1 heterocycles. The normalized spacial score (nSPS) is 11.8. The average molecular weight is 397 g/mol. The molecule has 0 saturated heterocycles. The number of thioether (sulfide) groups is 1. The zero-order valence-corrected chi connectivity index (χ0v) is 16.3. The van der Waals surface area contributed by atoms with Crippen LogP contribution < -0.4 is 4.74 Å². The van der Waals surface area contributed by atoms with Crippen molar-refractivity contribution in [1.29, 1.82) is 0 Å². The minimum Gasteiger partial charge on any atom is -0.490 e. The van der Waals surface area contributed by atoms with E-state index in [1.54, 1.807) is 10.9 Å². The van der Waals surface area contributed by atoms with Gasteiger partial charge in [-0.15, -0.1) is 10.2 Å². The van der Waals surface area contributed by atoms with E-state index >= 15 is 0 Å². The first-order valence-corrected chi connectivity index (χ1v) is 9.44. The molecule has 0 bridgehead atoms. The third-order valence-corrected chi connectivity index (χ3v) is 4.22. The summed E-state index contributed by atoms with van der Waals surface area (Å²) in [4.78, 5) is 0. The van der Waals surface area contributed by atoms with Gasteiger partial charge in [-0.3, -0.25) is 0 Å². The molecular formula is C16H21BrN4OS. The van der Waals surface area contributed by atoms with Crippen LogP contribution in [-0.4, -0.2) is 33.4 Å². The zero-order chi connectivity index (χ0) is 17.0. The smallest absolute Gasteiger partial charge is 0.211 e. The Morgan fingerprint density at radius 3 is 2.57 bits per heavy atom. The molecule has 0 amide bonds. The van der Waals surface area contributed by atoms with Gasteiger partial charge in [0.05, 0.1) is 16.8 Å². The molecule has 0 aliphatic carbocycles. The van der Waals surface area contributed by atoms with Crippen molar-refractivity contribution in [2.75, 3.05) is 6.26 Å². The minimum atomic E-state index is 0.139. The predicted molar refractivity (Wildman–Crippen MR) is 98.8 cm³/mol. The highest BCUT2D eigenvalue weighted by atomic mass is 79.9. The number of ether oxygens (including phenoxy) is 1. The van der Waals surface area contributed by atoms with Crippen molar-refractivity contribution in [3.63, 3.8) is 0 Å². The summed E-state index contributed by atoms with van der Waals surface area (Å²) < 4.78 is 8.42. The summed E-state index contributed by atoms with van der Waals surface area (Å²) in [5.74, 6) is 1.94. The van der Waals surface area contributed by atoms with Crippen molar-refractivity contribution in [3.8, 4) is 5.75 Å². The molecule has 0 aliphatic rings. The zero-order valence-electron chi connectivity index (χ0n) is 13.9. The second-order valence-electron chi connectivity index (χ2n) is 5.61. The second-order valence-corrected chi connectivity index (χ2v) is 7.24. The topological polar surface area (TPSA) is 52.3 Å². The summed E-state index contributed by atoms with van der Waals surface area (Å²) in [6.45, 7) is 8.17. The van der Waals surface area contributed by atoms with Gasteiger partial charge in [0.1, 0.15) is 5.75 Å². The van der Waals surface area contributed by atoms with Gasteiger partial charge < -0.3 is 4.74 Å². The molecule has 0 fully saturated rings. The van der Waals surface area contributed by atoms with E-state index in [0.717, 1.165) is 26.8 Å². The minimum absolute atomic E-state index is 0.139. The molecule has 0 spiro atoms. The molecular weight excluding hydrogens is 376 g/mol. The molecule has 0 saturated carbocycles. The highest BCUT2D eigenvalue weighted by molar-refractivity contribution is 9.10. The SMILES string of the molecule is CSc1nnc(C(C)C)n1/N=C\c1ccc(OC(C)C)c(Br)c1.